The van der Waals surface area contributed by atoms with E-state index >= 15 is 0 Å². The molecule has 0 spiro atoms. The second-order valence-corrected chi connectivity index (χ2v) is 6.89. The van der Waals surface area contributed by atoms with Crippen LogP contribution in [0.25, 0.3) is 5.65 Å². The molecule has 2 fully saturated rings. The van der Waals surface area contributed by atoms with Crippen LogP contribution in [-0.4, -0.2) is 62.9 Å². The molecule has 0 aliphatic carbocycles. The normalized spacial score (nSPS) is 24.0. The summed E-state index contributed by atoms with van der Waals surface area (Å²) in [4.78, 5) is 5.08. The average molecular weight is 315 g/mol. The first-order chi connectivity index (χ1) is 11.4. The third-order valence-corrected chi connectivity index (χ3v) is 5.11. The van der Waals surface area contributed by atoms with Gasteiger partial charge in [-0.05, 0) is 67.3 Å². The molecule has 2 aromatic heterocycles. The summed E-state index contributed by atoms with van der Waals surface area (Å²) < 4.78 is 1.52. The Morgan fingerprint density at radius 1 is 1.00 bits per heavy atom. The van der Waals surface area contributed by atoms with Crippen LogP contribution in [0.4, 0.5) is 5.82 Å². The number of aromatic nitrogens is 5. The second kappa shape index (κ2) is 6.78. The summed E-state index contributed by atoms with van der Waals surface area (Å²) in [6, 6.07) is 3.99. The number of nitrogens with zero attached hydrogens (tertiary/aromatic N) is 7. The minimum absolute atomic E-state index is 0.701. The van der Waals surface area contributed by atoms with Gasteiger partial charge in [0.25, 0.3) is 0 Å². The fourth-order valence-corrected chi connectivity index (χ4v) is 3.91. The summed E-state index contributed by atoms with van der Waals surface area (Å²) in [6.07, 6.45) is 8.13. The summed E-state index contributed by atoms with van der Waals surface area (Å²) in [5.74, 6) is 1.73. The fourth-order valence-electron chi connectivity index (χ4n) is 3.91. The lowest BCUT2D eigenvalue weighted by Gasteiger charge is -2.36. The molecule has 2 aliphatic rings. The van der Waals surface area contributed by atoms with Gasteiger partial charge >= 0.3 is 0 Å². The predicted octanol–water partition coefficient (Wildman–Crippen LogP) is 1.61. The summed E-state index contributed by atoms with van der Waals surface area (Å²) >= 11 is 0. The first kappa shape index (κ1) is 14.8. The molecule has 4 rings (SSSR count). The summed E-state index contributed by atoms with van der Waals surface area (Å²) in [6.45, 7) is 5.98. The highest BCUT2D eigenvalue weighted by Gasteiger charge is 2.23. The fraction of sp³-hybridized carbons (Fsp3) is 0.750. The Labute approximate surface area is 136 Å². The average Bonchev–Trinajstić information content (AvgIpc) is 2.91. The van der Waals surface area contributed by atoms with Gasteiger partial charge in [0.05, 0.1) is 0 Å². The van der Waals surface area contributed by atoms with Gasteiger partial charge in [0.1, 0.15) is 0 Å². The molecule has 0 N–H and O–H groups in total. The number of likely N-dealkylation sites (tertiary alicyclic amines) is 1. The molecule has 0 amide bonds. The van der Waals surface area contributed by atoms with E-state index in [4.69, 9.17) is 0 Å². The van der Waals surface area contributed by atoms with Crippen LogP contribution in [0.1, 0.15) is 38.5 Å². The quantitative estimate of drug-likeness (QED) is 0.857. The van der Waals surface area contributed by atoms with Gasteiger partial charge in [0.2, 0.25) is 0 Å². The molecule has 2 saturated heterocycles. The molecule has 0 radical (unpaired) electrons. The van der Waals surface area contributed by atoms with Gasteiger partial charge in [-0.2, -0.15) is 0 Å². The van der Waals surface area contributed by atoms with Crippen LogP contribution in [0.2, 0.25) is 0 Å². The van der Waals surface area contributed by atoms with E-state index in [1.807, 2.05) is 12.1 Å². The van der Waals surface area contributed by atoms with E-state index in [2.05, 4.69) is 30.4 Å². The van der Waals surface area contributed by atoms with Crippen molar-refractivity contribution >= 4 is 11.5 Å². The van der Waals surface area contributed by atoms with Gasteiger partial charge in [-0.15, -0.1) is 14.8 Å². The largest absolute Gasteiger partial charge is 0.355 e. The molecular formula is C16H25N7. The van der Waals surface area contributed by atoms with Crippen molar-refractivity contribution in [1.29, 1.82) is 0 Å². The van der Waals surface area contributed by atoms with Gasteiger partial charge in [-0.25, -0.2) is 0 Å². The molecule has 0 aromatic carbocycles. The minimum atomic E-state index is 0.701. The second-order valence-electron chi connectivity index (χ2n) is 6.89. The van der Waals surface area contributed by atoms with Crippen LogP contribution in [0.15, 0.2) is 12.1 Å². The number of piperidine rings is 1. The highest BCUT2D eigenvalue weighted by molar-refractivity contribution is 5.44. The first-order valence-electron chi connectivity index (χ1n) is 8.91. The Morgan fingerprint density at radius 2 is 1.87 bits per heavy atom. The lowest BCUT2D eigenvalue weighted by molar-refractivity contribution is 0.222. The monoisotopic (exact) mass is 315 g/mol. The summed E-state index contributed by atoms with van der Waals surface area (Å²) in [7, 11) is 0. The van der Waals surface area contributed by atoms with E-state index in [1.165, 1.54) is 62.8 Å². The number of hydrogen-bond acceptors (Lipinski definition) is 6. The van der Waals surface area contributed by atoms with Crippen molar-refractivity contribution in [2.45, 2.75) is 38.5 Å². The van der Waals surface area contributed by atoms with E-state index in [0.29, 0.717) is 5.65 Å². The number of tetrazole rings is 1. The van der Waals surface area contributed by atoms with Crippen molar-refractivity contribution in [2.24, 2.45) is 5.92 Å². The molecule has 0 saturated carbocycles. The Morgan fingerprint density at radius 3 is 2.74 bits per heavy atom. The lowest BCUT2D eigenvalue weighted by Crippen LogP contribution is -2.41. The molecule has 0 bridgehead atoms. The third-order valence-electron chi connectivity index (χ3n) is 5.11. The summed E-state index contributed by atoms with van der Waals surface area (Å²) in [5.41, 5.74) is 0.701. The molecule has 4 heterocycles. The zero-order valence-electron chi connectivity index (χ0n) is 13.6. The van der Waals surface area contributed by atoms with Crippen molar-refractivity contribution in [2.75, 3.05) is 37.6 Å². The van der Waals surface area contributed by atoms with Crippen LogP contribution in [0.3, 0.4) is 0 Å². The Kier molecular flexibility index (Phi) is 4.37. The maximum atomic E-state index is 4.55. The van der Waals surface area contributed by atoms with E-state index < -0.39 is 0 Å². The molecule has 1 atom stereocenters. The van der Waals surface area contributed by atoms with Crippen molar-refractivity contribution in [3.05, 3.63) is 12.1 Å². The van der Waals surface area contributed by atoms with Crippen LogP contribution >= 0.6 is 0 Å². The zero-order valence-corrected chi connectivity index (χ0v) is 13.6. The molecule has 7 heteroatoms. The summed E-state index contributed by atoms with van der Waals surface area (Å²) in [5, 5.41) is 16.0. The van der Waals surface area contributed by atoms with E-state index in [9.17, 15) is 0 Å². The first-order valence-corrected chi connectivity index (χ1v) is 8.91. The van der Waals surface area contributed by atoms with Crippen LogP contribution in [0.5, 0.6) is 0 Å². The van der Waals surface area contributed by atoms with Crippen molar-refractivity contribution in [1.82, 2.24) is 30.2 Å². The van der Waals surface area contributed by atoms with Gasteiger partial charge in [-0.1, -0.05) is 12.8 Å². The highest BCUT2D eigenvalue weighted by atomic mass is 15.6. The minimum Gasteiger partial charge on any atom is -0.355 e. The molecule has 7 nitrogen and oxygen atoms in total. The molecule has 124 valence electrons. The molecule has 23 heavy (non-hydrogen) atoms. The van der Waals surface area contributed by atoms with E-state index in [1.54, 1.807) is 0 Å². The van der Waals surface area contributed by atoms with E-state index in [-0.39, 0.29) is 0 Å². The van der Waals surface area contributed by atoms with E-state index in [0.717, 1.165) is 24.8 Å². The Hall–Kier alpha value is -1.76. The maximum Gasteiger partial charge on any atom is 0.200 e. The van der Waals surface area contributed by atoms with Gasteiger partial charge in [-0.3, -0.25) is 0 Å². The predicted molar refractivity (Wildman–Crippen MR) is 88.4 cm³/mol. The molecule has 2 aliphatic heterocycles. The Balaban J connectivity index is 1.41. The van der Waals surface area contributed by atoms with Gasteiger partial charge in [0, 0.05) is 19.6 Å². The topological polar surface area (TPSA) is 62.5 Å². The van der Waals surface area contributed by atoms with Crippen molar-refractivity contribution < 1.29 is 0 Å². The highest BCUT2D eigenvalue weighted by Crippen LogP contribution is 2.23. The number of fused-ring (bicyclic) bond motifs is 1. The molecular weight excluding hydrogens is 290 g/mol. The number of rotatable bonds is 3. The zero-order chi connectivity index (χ0) is 15.5. The lowest BCUT2D eigenvalue weighted by atomic mass is 9.97. The van der Waals surface area contributed by atoms with Crippen LogP contribution in [-0.2, 0) is 0 Å². The Bertz CT molecular complexity index is 632. The number of anilines is 1. The van der Waals surface area contributed by atoms with Crippen LogP contribution in [0, 0.1) is 5.92 Å². The van der Waals surface area contributed by atoms with Gasteiger partial charge in [0.15, 0.2) is 11.5 Å². The third kappa shape index (κ3) is 3.44. The van der Waals surface area contributed by atoms with Gasteiger partial charge < -0.3 is 9.80 Å². The van der Waals surface area contributed by atoms with Crippen molar-refractivity contribution in [3.63, 3.8) is 0 Å². The SMILES string of the molecule is c1cc2nnnn2nc1N1CCCC(CN2CCCCCC2)C1. The smallest absolute Gasteiger partial charge is 0.200 e. The number of hydrogen-bond donors (Lipinski definition) is 0. The maximum absolute atomic E-state index is 4.55. The molecule has 1 unspecified atom stereocenters. The van der Waals surface area contributed by atoms with Crippen LogP contribution < -0.4 is 4.90 Å². The standard InChI is InChI=1S/C16H25N7/c1-2-4-10-21(9-3-1)12-14-6-5-11-22(13-14)16-8-7-15-17-19-20-23(15)18-16/h7-8,14H,1-6,9-13H2. The van der Waals surface area contributed by atoms with Crippen molar-refractivity contribution in [3.8, 4) is 0 Å². The molecule has 2 aromatic rings.